The van der Waals surface area contributed by atoms with Crippen molar-refractivity contribution in [3.63, 3.8) is 0 Å². The number of ether oxygens (including phenoxy) is 2. The average molecular weight is 464 g/mol. The number of hydrogen-bond donors (Lipinski definition) is 1. The van der Waals surface area contributed by atoms with E-state index in [4.69, 9.17) is 25.9 Å². The first kappa shape index (κ1) is 22.7. The SMILES string of the molecule is COc1cc2ncnc(NC3=CCCC(Cl)=C3F)c2cc1OCCON1CCN(C)CC1. The van der Waals surface area contributed by atoms with Crippen LogP contribution in [0.3, 0.4) is 0 Å². The van der Waals surface area contributed by atoms with Gasteiger partial charge >= 0.3 is 0 Å². The molecular weight excluding hydrogens is 437 g/mol. The second-order valence-electron chi connectivity index (χ2n) is 7.66. The number of anilines is 1. The maximum atomic E-state index is 14.4. The smallest absolute Gasteiger partial charge is 0.162 e. The highest BCUT2D eigenvalue weighted by Crippen LogP contribution is 2.36. The van der Waals surface area contributed by atoms with Crippen LogP contribution in [-0.2, 0) is 4.84 Å². The maximum Gasteiger partial charge on any atom is 0.162 e. The van der Waals surface area contributed by atoms with Gasteiger partial charge in [0.15, 0.2) is 17.3 Å². The number of nitrogens with one attached hydrogen (secondary N) is 1. The standard InChI is InChI=1S/C22H27ClFN5O3/c1-28-6-8-29(9-7-28)32-11-10-31-20-12-15-18(13-19(20)30-2)25-14-26-22(15)27-17-5-3-4-16(23)21(17)24/h5,12-14H,3-4,6-11H2,1-2H3,(H,25,26,27). The molecule has 0 spiro atoms. The molecule has 1 saturated heterocycles. The number of hydroxylamine groups is 2. The van der Waals surface area contributed by atoms with Gasteiger partial charge in [0, 0.05) is 37.6 Å². The minimum absolute atomic E-state index is 0.208. The van der Waals surface area contributed by atoms with E-state index >= 15 is 0 Å². The monoisotopic (exact) mass is 463 g/mol. The molecule has 32 heavy (non-hydrogen) atoms. The van der Waals surface area contributed by atoms with Crippen molar-refractivity contribution in [3.8, 4) is 11.5 Å². The molecule has 1 aromatic heterocycles. The molecule has 10 heteroatoms. The lowest BCUT2D eigenvalue weighted by Crippen LogP contribution is -2.44. The molecular formula is C22H27ClFN5O3. The number of nitrogens with zero attached hydrogens (tertiary/aromatic N) is 4. The molecule has 172 valence electrons. The van der Waals surface area contributed by atoms with Crippen LogP contribution in [-0.4, -0.2) is 73.5 Å². The molecule has 1 N–H and O–H groups in total. The summed E-state index contributed by atoms with van der Waals surface area (Å²) in [4.78, 5) is 16.7. The molecule has 2 heterocycles. The number of likely N-dealkylation sites (N-methyl/N-ethyl adjacent to an activating group) is 1. The summed E-state index contributed by atoms with van der Waals surface area (Å²) in [5.74, 6) is 1.08. The number of allylic oxidation sites excluding steroid dienone is 3. The van der Waals surface area contributed by atoms with Crippen molar-refractivity contribution in [3.05, 3.63) is 41.1 Å². The normalized spacial score (nSPS) is 18.1. The van der Waals surface area contributed by atoms with Crippen molar-refractivity contribution in [2.24, 2.45) is 0 Å². The van der Waals surface area contributed by atoms with Gasteiger partial charge in [0.2, 0.25) is 0 Å². The van der Waals surface area contributed by atoms with Crippen LogP contribution >= 0.6 is 11.6 Å². The Kier molecular flexibility index (Phi) is 7.41. The fourth-order valence-electron chi connectivity index (χ4n) is 3.59. The first-order valence-corrected chi connectivity index (χ1v) is 11.0. The third kappa shape index (κ3) is 5.29. The second-order valence-corrected chi connectivity index (χ2v) is 8.11. The van der Waals surface area contributed by atoms with E-state index in [2.05, 4.69) is 27.2 Å². The Labute approximate surface area is 191 Å². The van der Waals surface area contributed by atoms with Crippen molar-refractivity contribution in [1.82, 2.24) is 19.9 Å². The zero-order chi connectivity index (χ0) is 22.5. The second kappa shape index (κ2) is 10.4. The van der Waals surface area contributed by atoms with E-state index in [1.54, 1.807) is 25.3 Å². The van der Waals surface area contributed by atoms with Gasteiger partial charge in [0.1, 0.15) is 25.4 Å². The minimum Gasteiger partial charge on any atom is -0.493 e. The molecule has 1 fully saturated rings. The lowest BCUT2D eigenvalue weighted by Gasteiger charge is -2.31. The zero-order valence-corrected chi connectivity index (χ0v) is 19.0. The van der Waals surface area contributed by atoms with E-state index in [9.17, 15) is 4.39 Å². The molecule has 0 amide bonds. The van der Waals surface area contributed by atoms with Gasteiger partial charge in [-0.25, -0.2) is 14.4 Å². The quantitative estimate of drug-likeness (QED) is 0.594. The number of hydrogen-bond acceptors (Lipinski definition) is 8. The van der Waals surface area contributed by atoms with Crippen LogP contribution in [0.2, 0.25) is 0 Å². The van der Waals surface area contributed by atoms with Gasteiger partial charge in [-0.15, -0.1) is 0 Å². The lowest BCUT2D eigenvalue weighted by atomic mass is 10.1. The molecule has 4 rings (SSSR count). The van der Waals surface area contributed by atoms with Gasteiger partial charge in [0.05, 0.1) is 23.4 Å². The predicted octanol–water partition coefficient (Wildman–Crippen LogP) is 3.71. The Hall–Kier alpha value is -2.46. The lowest BCUT2D eigenvalue weighted by molar-refractivity contribution is -0.179. The summed E-state index contributed by atoms with van der Waals surface area (Å²) >= 11 is 5.98. The number of piperazine rings is 1. The Balaban J connectivity index is 1.47. The van der Waals surface area contributed by atoms with Crippen LogP contribution in [0.5, 0.6) is 11.5 Å². The van der Waals surface area contributed by atoms with E-state index in [-0.39, 0.29) is 5.03 Å². The molecule has 0 radical (unpaired) electrons. The number of methoxy groups -OCH3 is 1. The summed E-state index contributed by atoms with van der Waals surface area (Å²) in [6.07, 6.45) is 4.34. The molecule has 0 bridgehead atoms. The number of aromatic nitrogens is 2. The maximum absolute atomic E-state index is 14.4. The Morgan fingerprint density at radius 1 is 1.12 bits per heavy atom. The van der Waals surface area contributed by atoms with Crippen LogP contribution in [0.25, 0.3) is 10.9 Å². The first-order chi connectivity index (χ1) is 15.5. The summed E-state index contributed by atoms with van der Waals surface area (Å²) < 4.78 is 25.8. The molecule has 8 nitrogen and oxygen atoms in total. The van der Waals surface area contributed by atoms with E-state index in [1.165, 1.54) is 6.33 Å². The number of rotatable bonds is 8. The third-order valence-corrected chi connectivity index (χ3v) is 5.79. The predicted molar refractivity (Wildman–Crippen MR) is 122 cm³/mol. The van der Waals surface area contributed by atoms with Crippen LogP contribution in [0.4, 0.5) is 10.2 Å². The fourth-order valence-corrected chi connectivity index (χ4v) is 3.80. The van der Waals surface area contributed by atoms with Gasteiger partial charge in [0.25, 0.3) is 0 Å². The van der Waals surface area contributed by atoms with Crippen LogP contribution < -0.4 is 14.8 Å². The third-order valence-electron chi connectivity index (χ3n) is 5.44. The average Bonchev–Trinajstić information content (AvgIpc) is 2.80. The first-order valence-electron chi connectivity index (χ1n) is 10.6. The van der Waals surface area contributed by atoms with Crippen molar-refractivity contribution in [1.29, 1.82) is 0 Å². The Morgan fingerprint density at radius 3 is 2.72 bits per heavy atom. The summed E-state index contributed by atoms with van der Waals surface area (Å²) in [5.41, 5.74) is 0.951. The Bertz CT molecular complexity index is 1020. The topological polar surface area (TPSA) is 72.0 Å². The molecule has 1 aromatic carbocycles. The van der Waals surface area contributed by atoms with E-state index in [0.717, 1.165) is 26.2 Å². The molecule has 0 atom stereocenters. The van der Waals surface area contributed by atoms with Crippen LogP contribution in [0, 0.1) is 0 Å². The van der Waals surface area contributed by atoms with Gasteiger partial charge < -0.3 is 19.7 Å². The summed E-state index contributed by atoms with van der Waals surface area (Å²) in [6, 6.07) is 3.56. The Morgan fingerprint density at radius 2 is 1.94 bits per heavy atom. The highest BCUT2D eigenvalue weighted by molar-refractivity contribution is 6.30. The van der Waals surface area contributed by atoms with Crippen molar-refractivity contribution in [2.75, 3.05) is 58.9 Å². The van der Waals surface area contributed by atoms with Crippen molar-refractivity contribution >= 4 is 28.3 Å². The highest BCUT2D eigenvalue weighted by Gasteiger charge is 2.18. The van der Waals surface area contributed by atoms with Crippen molar-refractivity contribution in [2.45, 2.75) is 12.8 Å². The molecule has 1 aliphatic heterocycles. The summed E-state index contributed by atoms with van der Waals surface area (Å²) in [7, 11) is 3.67. The van der Waals surface area contributed by atoms with Crippen molar-refractivity contribution < 1.29 is 18.7 Å². The number of benzene rings is 1. The molecule has 1 aliphatic carbocycles. The minimum atomic E-state index is -0.462. The van der Waals surface area contributed by atoms with E-state index < -0.39 is 5.83 Å². The number of halogens is 2. The van der Waals surface area contributed by atoms with Crippen LogP contribution in [0.15, 0.2) is 41.1 Å². The van der Waals surface area contributed by atoms with E-state index in [0.29, 0.717) is 60.0 Å². The van der Waals surface area contributed by atoms with Gasteiger partial charge in [-0.3, -0.25) is 4.84 Å². The highest BCUT2D eigenvalue weighted by atomic mass is 35.5. The van der Waals surface area contributed by atoms with E-state index in [1.807, 2.05) is 5.06 Å². The summed E-state index contributed by atoms with van der Waals surface area (Å²) in [5, 5.41) is 5.89. The zero-order valence-electron chi connectivity index (χ0n) is 18.2. The van der Waals surface area contributed by atoms with Gasteiger partial charge in [-0.05, 0) is 26.0 Å². The molecule has 2 aromatic rings. The molecule has 0 unspecified atom stereocenters. The molecule has 0 saturated carbocycles. The van der Waals surface area contributed by atoms with Gasteiger partial charge in [-0.1, -0.05) is 17.7 Å². The fraction of sp³-hybridized carbons (Fsp3) is 0.455. The van der Waals surface area contributed by atoms with Gasteiger partial charge in [-0.2, -0.15) is 5.06 Å². The number of fused-ring (bicyclic) bond motifs is 1. The molecule has 2 aliphatic rings. The largest absolute Gasteiger partial charge is 0.493 e. The summed E-state index contributed by atoms with van der Waals surface area (Å²) in [6.45, 7) is 4.46. The van der Waals surface area contributed by atoms with Crippen LogP contribution in [0.1, 0.15) is 12.8 Å².